The van der Waals surface area contributed by atoms with Crippen molar-refractivity contribution in [2.45, 2.75) is 13.3 Å². The van der Waals surface area contributed by atoms with Crippen molar-refractivity contribution < 1.29 is 19.1 Å². The first-order valence-corrected chi connectivity index (χ1v) is 8.01. The van der Waals surface area contributed by atoms with Crippen LogP contribution >= 0.6 is 0 Å². The van der Waals surface area contributed by atoms with Crippen LogP contribution in [-0.2, 0) is 9.53 Å². The van der Waals surface area contributed by atoms with Crippen LogP contribution < -0.4 is 4.90 Å². The fourth-order valence-corrected chi connectivity index (χ4v) is 2.27. The number of esters is 1. The van der Waals surface area contributed by atoms with E-state index in [2.05, 4.69) is 0 Å². The lowest BCUT2D eigenvalue weighted by atomic mass is 10.1. The monoisotopic (exact) mass is 350 g/mol. The van der Waals surface area contributed by atoms with Crippen molar-refractivity contribution in [1.29, 1.82) is 5.26 Å². The van der Waals surface area contributed by atoms with Gasteiger partial charge < -0.3 is 9.64 Å². The molecule has 2 aromatic rings. The predicted molar refractivity (Wildman–Crippen MR) is 95.9 cm³/mol. The summed E-state index contributed by atoms with van der Waals surface area (Å²) in [6.07, 6.45) is 0.841. The minimum Gasteiger partial charge on any atom is -0.452 e. The number of amides is 1. The molecule has 6 nitrogen and oxygen atoms in total. The second-order valence-electron chi connectivity index (χ2n) is 5.61. The maximum absolute atomic E-state index is 12.5. The van der Waals surface area contributed by atoms with Crippen LogP contribution in [0.15, 0.2) is 48.5 Å². The Morgan fingerprint density at radius 3 is 2.35 bits per heavy atom. The number of nitrogens with zero attached hydrogens (tertiary/aromatic N) is 2. The first-order chi connectivity index (χ1) is 12.5. The van der Waals surface area contributed by atoms with E-state index >= 15 is 0 Å². The van der Waals surface area contributed by atoms with Crippen LogP contribution in [0.2, 0.25) is 0 Å². The van der Waals surface area contributed by atoms with Crippen molar-refractivity contribution in [2.75, 3.05) is 18.1 Å². The number of carbonyl (C=O) groups is 3. The van der Waals surface area contributed by atoms with Crippen molar-refractivity contribution in [2.24, 2.45) is 0 Å². The van der Waals surface area contributed by atoms with Gasteiger partial charge in [-0.05, 0) is 31.2 Å². The highest BCUT2D eigenvalue weighted by atomic mass is 16.5. The Morgan fingerprint density at radius 1 is 1.12 bits per heavy atom. The summed E-state index contributed by atoms with van der Waals surface area (Å²) in [6, 6.07) is 15.2. The molecular formula is C20H18N2O4. The van der Waals surface area contributed by atoms with E-state index in [9.17, 15) is 14.4 Å². The van der Waals surface area contributed by atoms with Crippen LogP contribution in [0.5, 0.6) is 0 Å². The van der Waals surface area contributed by atoms with Crippen LogP contribution in [0.4, 0.5) is 5.69 Å². The first kappa shape index (κ1) is 18.9. The number of hydrogen-bond donors (Lipinski definition) is 0. The normalized spacial score (nSPS) is 9.85. The number of nitriles is 1. The number of hydrogen-bond acceptors (Lipinski definition) is 5. The van der Waals surface area contributed by atoms with Crippen LogP contribution in [0, 0.1) is 18.3 Å². The van der Waals surface area contributed by atoms with Gasteiger partial charge in [-0.1, -0.05) is 29.8 Å². The number of anilines is 1. The van der Waals surface area contributed by atoms with Gasteiger partial charge in [-0.3, -0.25) is 9.59 Å². The highest BCUT2D eigenvalue weighted by Crippen LogP contribution is 2.16. The van der Waals surface area contributed by atoms with Crippen molar-refractivity contribution in [3.05, 3.63) is 65.2 Å². The van der Waals surface area contributed by atoms with Gasteiger partial charge in [0.25, 0.3) is 5.91 Å². The van der Waals surface area contributed by atoms with Gasteiger partial charge in [-0.2, -0.15) is 5.26 Å². The topological polar surface area (TPSA) is 87.5 Å². The molecule has 26 heavy (non-hydrogen) atoms. The third-order valence-corrected chi connectivity index (χ3v) is 3.70. The molecular weight excluding hydrogens is 332 g/mol. The Morgan fingerprint density at radius 2 is 1.77 bits per heavy atom. The quantitative estimate of drug-likeness (QED) is 0.566. The Hall–Kier alpha value is -3.46. The van der Waals surface area contributed by atoms with Gasteiger partial charge in [-0.15, -0.1) is 0 Å². The molecule has 0 atom stereocenters. The van der Waals surface area contributed by atoms with Crippen molar-refractivity contribution >= 4 is 23.9 Å². The maximum atomic E-state index is 12.5. The zero-order chi connectivity index (χ0) is 18.9. The van der Waals surface area contributed by atoms with Gasteiger partial charge in [0.15, 0.2) is 6.61 Å². The van der Waals surface area contributed by atoms with E-state index in [0.29, 0.717) is 17.5 Å². The summed E-state index contributed by atoms with van der Waals surface area (Å²) in [7, 11) is 0. The summed E-state index contributed by atoms with van der Waals surface area (Å²) in [4.78, 5) is 36.5. The Kier molecular flexibility index (Phi) is 6.63. The molecule has 0 aliphatic rings. The van der Waals surface area contributed by atoms with Gasteiger partial charge in [0.05, 0.1) is 18.1 Å². The number of aryl methyl sites for hydroxylation is 1. The van der Waals surface area contributed by atoms with E-state index in [1.807, 2.05) is 25.1 Å². The second-order valence-corrected chi connectivity index (χ2v) is 5.61. The molecule has 2 rings (SSSR count). The van der Waals surface area contributed by atoms with E-state index < -0.39 is 18.5 Å². The fourth-order valence-electron chi connectivity index (χ4n) is 2.27. The highest BCUT2D eigenvalue weighted by molar-refractivity contribution is 5.97. The van der Waals surface area contributed by atoms with E-state index in [-0.39, 0.29) is 18.5 Å². The zero-order valence-corrected chi connectivity index (χ0v) is 14.3. The molecule has 132 valence electrons. The van der Waals surface area contributed by atoms with Gasteiger partial charge in [-0.25, -0.2) is 4.79 Å². The number of aldehydes is 1. The van der Waals surface area contributed by atoms with E-state index in [1.165, 1.54) is 29.2 Å². The molecule has 0 heterocycles. The molecule has 0 aromatic heterocycles. The second kappa shape index (κ2) is 9.14. The summed E-state index contributed by atoms with van der Waals surface area (Å²) in [5, 5.41) is 8.80. The molecule has 0 aliphatic carbocycles. The molecule has 0 fully saturated rings. The highest BCUT2D eigenvalue weighted by Gasteiger charge is 2.18. The minimum atomic E-state index is -0.653. The Balaban J connectivity index is 2.03. The van der Waals surface area contributed by atoms with Crippen LogP contribution in [0.3, 0.4) is 0 Å². The molecule has 0 radical (unpaired) electrons. The summed E-state index contributed by atoms with van der Waals surface area (Å²) in [5.74, 6) is -1.07. The minimum absolute atomic E-state index is 0.167. The molecule has 0 unspecified atom stereocenters. The predicted octanol–water partition coefficient (Wildman–Crippen LogP) is 2.91. The van der Waals surface area contributed by atoms with E-state index in [0.717, 1.165) is 5.56 Å². The molecule has 0 saturated carbocycles. The van der Waals surface area contributed by atoms with Gasteiger partial charge in [0, 0.05) is 17.8 Å². The number of carbonyl (C=O) groups excluding carboxylic acids is 3. The lowest BCUT2D eigenvalue weighted by Gasteiger charge is -2.21. The van der Waals surface area contributed by atoms with Gasteiger partial charge in [0.2, 0.25) is 0 Å². The first-order valence-electron chi connectivity index (χ1n) is 8.01. The molecule has 6 heteroatoms. The van der Waals surface area contributed by atoms with Gasteiger partial charge in [0.1, 0.15) is 6.29 Å². The third kappa shape index (κ3) is 5.02. The fraction of sp³-hybridized carbons (Fsp3) is 0.200. The molecule has 0 aliphatic heterocycles. The summed E-state index contributed by atoms with van der Waals surface area (Å²) in [5.41, 5.74) is 2.39. The lowest BCUT2D eigenvalue weighted by molar-refractivity contribution is -0.121. The van der Waals surface area contributed by atoms with Crippen LogP contribution in [0.1, 0.15) is 32.7 Å². The zero-order valence-electron chi connectivity index (χ0n) is 14.3. The van der Waals surface area contributed by atoms with Crippen molar-refractivity contribution in [3.8, 4) is 6.07 Å². The van der Waals surface area contributed by atoms with E-state index in [1.54, 1.807) is 12.1 Å². The third-order valence-electron chi connectivity index (χ3n) is 3.70. The summed E-state index contributed by atoms with van der Waals surface area (Å²) >= 11 is 0. The average Bonchev–Trinajstić information content (AvgIpc) is 2.67. The number of rotatable bonds is 7. The standard InChI is InChI=1S/C20H18N2O4/c1-15-3-9-18(10-4-15)22(12-2-11-21)19(24)14-26-20(25)17-7-5-16(13-23)6-8-17/h3-10,13H,2,12,14H2,1H3. The van der Waals surface area contributed by atoms with Crippen LogP contribution in [-0.4, -0.2) is 31.3 Å². The molecule has 0 bridgehead atoms. The van der Waals surface area contributed by atoms with Gasteiger partial charge >= 0.3 is 5.97 Å². The van der Waals surface area contributed by atoms with Crippen LogP contribution in [0.25, 0.3) is 0 Å². The number of benzene rings is 2. The largest absolute Gasteiger partial charge is 0.452 e. The van der Waals surface area contributed by atoms with Crippen molar-refractivity contribution in [3.63, 3.8) is 0 Å². The Bertz CT molecular complexity index is 820. The van der Waals surface area contributed by atoms with E-state index in [4.69, 9.17) is 10.00 Å². The molecule has 0 saturated heterocycles. The number of ether oxygens (including phenoxy) is 1. The average molecular weight is 350 g/mol. The molecule has 0 N–H and O–H groups in total. The molecule has 0 spiro atoms. The smallest absolute Gasteiger partial charge is 0.338 e. The molecule has 1 amide bonds. The van der Waals surface area contributed by atoms with Crippen molar-refractivity contribution in [1.82, 2.24) is 0 Å². The lowest BCUT2D eigenvalue weighted by Crippen LogP contribution is -2.35. The maximum Gasteiger partial charge on any atom is 0.338 e. The molecule has 2 aromatic carbocycles. The summed E-state index contributed by atoms with van der Waals surface area (Å²) < 4.78 is 5.07. The SMILES string of the molecule is Cc1ccc(N(CCC#N)C(=O)COC(=O)c2ccc(C=O)cc2)cc1. The Labute approximate surface area is 151 Å². The summed E-state index contributed by atoms with van der Waals surface area (Å²) in [6.45, 7) is 1.71.